The van der Waals surface area contributed by atoms with Gasteiger partial charge in [-0.15, -0.1) is 0 Å². The summed E-state index contributed by atoms with van der Waals surface area (Å²) >= 11 is 0. The molecule has 74 valence electrons. The second kappa shape index (κ2) is 3.29. The monoisotopic (exact) mass is 191 g/mol. The fraction of sp³-hybridized carbons (Fsp3) is 0.400. The molecule has 2 aromatic heterocycles. The van der Waals surface area contributed by atoms with Crippen molar-refractivity contribution in [1.29, 1.82) is 0 Å². The number of hydrogen-bond acceptors (Lipinski definition) is 3. The van der Waals surface area contributed by atoms with Crippen LogP contribution in [0.1, 0.15) is 25.6 Å². The Bertz CT molecular complexity index is 448. The molecule has 0 aliphatic carbocycles. The molecule has 0 saturated heterocycles. The Morgan fingerprint density at radius 3 is 2.86 bits per heavy atom. The van der Waals surface area contributed by atoms with Crippen LogP contribution in [0.3, 0.4) is 0 Å². The first-order valence-corrected chi connectivity index (χ1v) is 4.61. The Balaban J connectivity index is 2.64. The smallest absolute Gasteiger partial charge is 0.198 e. The fourth-order valence-electron chi connectivity index (χ4n) is 1.30. The van der Waals surface area contributed by atoms with Gasteiger partial charge in [0, 0.05) is 12.1 Å². The summed E-state index contributed by atoms with van der Waals surface area (Å²) in [5.41, 5.74) is 0.777. The molecule has 0 saturated carbocycles. The van der Waals surface area contributed by atoms with Crippen LogP contribution in [0.4, 0.5) is 0 Å². The molecule has 0 bridgehead atoms. The molecule has 0 aliphatic heterocycles. The molecule has 2 aromatic rings. The highest BCUT2D eigenvalue weighted by Gasteiger charge is 2.10. The summed E-state index contributed by atoms with van der Waals surface area (Å²) in [4.78, 5) is 4.41. The molecule has 2 rings (SSSR count). The van der Waals surface area contributed by atoms with Gasteiger partial charge in [0.2, 0.25) is 0 Å². The summed E-state index contributed by atoms with van der Waals surface area (Å²) in [6.07, 6.45) is 1.87. The molecule has 0 unspecified atom stereocenters. The van der Waals surface area contributed by atoms with Gasteiger partial charge in [-0.1, -0.05) is 13.8 Å². The highest BCUT2D eigenvalue weighted by Crippen LogP contribution is 2.19. The lowest BCUT2D eigenvalue weighted by Gasteiger charge is -1.98. The van der Waals surface area contributed by atoms with E-state index in [1.807, 2.05) is 18.3 Å². The van der Waals surface area contributed by atoms with Crippen molar-refractivity contribution in [2.75, 3.05) is 7.11 Å². The van der Waals surface area contributed by atoms with Gasteiger partial charge >= 0.3 is 0 Å². The van der Waals surface area contributed by atoms with E-state index in [1.165, 1.54) is 0 Å². The molecule has 0 aliphatic rings. The summed E-state index contributed by atoms with van der Waals surface area (Å²) in [5, 5.41) is 4.35. The Kier molecular flexibility index (Phi) is 2.11. The van der Waals surface area contributed by atoms with Crippen molar-refractivity contribution < 1.29 is 4.74 Å². The van der Waals surface area contributed by atoms with E-state index in [-0.39, 0.29) is 0 Å². The largest absolute Gasteiger partial charge is 0.493 e. The normalized spacial score (nSPS) is 11.1. The first-order valence-electron chi connectivity index (χ1n) is 4.61. The quantitative estimate of drug-likeness (QED) is 0.727. The number of pyridine rings is 1. The highest BCUT2D eigenvalue weighted by molar-refractivity contribution is 5.52. The minimum Gasteiger partial charge on any atom is -0.493 e. The second-order valence-electron chi connectivity index (χ2n) is 3.47. The average Bonchev–Trinajstić information content (AvgIpc) is 2.60. The van der Waals surface area contributed by atoms with Gasteiger partial charge in [-0.05, 0) is 12.1 Å². The van der Waals surface area contributed by atoms with Crippen molar-refractivity contribution in [2.24, 2.45) is 0 Å². The number of hydrogen-bond donors (Lipinski definition) is 0. The lowest BCUT2D eigenvalue weighted by atomic mass is 10.2. The van der Waals surface area contributed by atoms with Crippen LogP contribution in [0.5, 0.6) is 5.75 Å². The van der Waals surface area contributed by atoms with Crippen molar-refractivity contribution in [3.05, 3.63) is 24.2 Å². The Morgan fingerprint density at radius 2 is 2.21 bits per heavy atom. The number of nitrogens with zero attached hydrogens (tertiary/aromatic N) is 3. The van der Waals surface area contributed by atoms with Crippen LogP contribution in [-0.4, -0.2) is 21.7 Å². The van der Waals surface area contributed by atoms with E-state index < -0.39 is 0 Å². The molecule has 0 spiro atoms. The van der Waals surface area contributed by atoms with E-state index in [9.17, 15) is 0 Å². The molecular formula is C10H13N3O. The van der Waals surface area contributed by atoms with Crippen molar-refractivity contribution in [2.45, 2.75) is 19.8 Å². The Hall–Kier alpha value is -1.58. The highest BCUT2D eigenvalue weighted by atomic mass is 16.5. The Morgan fingerprint density at radius 1 is 1.43 bits per heavy atom. The van der Waals surface area contributed by atoms with E-state index in [0.717, 1.165) is 17.2 Å². The maximum absolute atomic E-state index is 5.20. The summed E-state index contributed by atoms with van der Waals surface area (Å²) in [6.45, 7) is 4.14. The molecule has 0 aromatic carbocycles. The maximum atomic E-state index is 5.20. The molecule has 2 heterocycles. The molecular weight excluding hydrogens is 178 g/mol. The predicted octanol–water partition coefficient (Wildman–Crippen LogP) is 1.86. The van der Waals surface area contributed by atoms with Crippen LogP contribution in [0.25, 0.3) is 5.65 Å². The average molecular weight is 191 g/mol. The van der Waals surface area contributed by atoms with Gasteiger partial charge in [-0.25, -0.2) is 9.50 Å². The topological polar surface area (TPSA) is 39.4 Å². The standard InChI is InChI=1S/C10H13N3O/c1-7(2)9-11-10-8(14-3)5-4-6-13(10)12-9/h4-7H,1-3H3. The van der Waals surface area contributed by atoms with Crippen molar-refractivity contribution >= 4 is 5.65 Å². The number of fused-ring (bicyclic) bond motifs is 1. The number of ether oxygens (including phenoxy) is 1. The van der Waals surface area contributed by atoms with Crippen LogP contribution in [0, 0.1) is 0 Å². The SMILES string of the molecule is COc1cccn2nc(C(C)C)nc12. The maximum Gasteiger partial charge on any atom is 0.198 e. The van der Waals surface area contributed by atoms with Crippen LogP contribution < -0.4 is 4.74 Å². The van der Waals surface area contributed by atoms with Crippen LogP contribution >= 0.6 is 0 Å². The summed E-state index contributed by atoms with van der Waals surface area (Å²) < 4.78 is 6.94. The van der Waals surface area contributed by atoms with Gasteiger partial charge in [-0.2, -0.15) is 5.10 Å². The second-order valence-corrected chi connectivity index (χ2v) is 3.47. The van der Waals surface area contributed by atoms with Crippen LogP contribution in [-0.2, 0) is 0 Å². The van der Waals surface area contributed by atoms with Gasteiger partial charge in [0.1, 0.15) is 0 Å². The van der Waals surface area contributed by atoms with E-state index in [0.29, 0.717) is 5.92 Å². The van der Waals surface area contributed by atoms with Crippen molar-refractivity contribution in [3.8, 4) is 5.75 Å². The third-order valence-electron chi connectivity index (χ3n) is 2.08. The van der Waals surface area contributed by atoms with E-state index in [4.69, 9.17) is 4.74 Å². The molecule has 0 amide bonds. The minimum absolute atomic E-state index is 0.333. The van der Waals surface area contributed by atoms with Gasteiger partial charge in [0.15, 0.2) is 17.2 Å². The zero-order valence-electron chi connectivity index (χ0n) is 8.56. The summed E-state index contributed by atoms with van der Waals surface area (Å²) in [5.74, 6) is 1.93. The van der Waals surface area contributed by atoms with Gasteiger partial charge in [0.05, 0.1) is 7.11 Å². The molecule has 4 heteroatoms. The summed E-state index contributed by atoms with van der Waals surface area (Å²) in [7, 11) is 1.64. The zero-order chi connectivity index (χ0) is 10.1. The minimum atomic E-state index is 0.333. The van der Waals surface area contributed by atoms with Gasteiger partial charge < -0.3 is 4.74 Å². The number of aromatic nitrogens is 3. The molecule has 14 heavy (non-hydrogen) atoms. The summed E-state index contributed by atoms with van der Waals surface area (Å²) in [6, 6.07) is 3.78. The molecule has 0 N–H and O–H groups in total. The Labute approximate surface area is 82.5 Å². The van der Waals surface area contributed by atoms with E-state index in [2.05, 4.69) is 23.9 Å². The third kappa shape index (κ3) is 1.32. The van der Waals surface area contributed by atoms with Crippen molar-refractivity contribution in [3.63, 3.8) is 0 Å². The zero-order valence-corrected chi connectivity index (χ0v) is 8.56. The molecule has 4 nitrogen and oxygen atoms in total. The number of methoxy groups -OCH3 is 1. The first kappa shape index (κ1) is 8.99. The van der Waals surface area contributed by atoms with Crippen LogP contribution in [0.15, 0.2) is 18.3 Å². The van der Waals surface area contributed by atoms with E-state index >= 15 is 0 Å². The number of rotatable bonds is 2. The first-order chi connectivity index (χ1) is 6.72. The lowest BCUT2D eigenvalue weighted by Crippen LogP contribution is -1.91. The molecule has 0 fully saturated rings. The van der Waals surface area contributed by atoms with Gasteiger partial charge in [-0.3, -0.25) is 0 Å². The third-order valence-corrected chi connectivity index (χ3v) is 2.08. The molecule has 0 atom stereocenters. The molecule has 0 radical (unpaired) electrons. The predicted molar refractivity (Wildman–Crippen MR) is 53.6 cm³/mol. The lowest BCUT2D eigenvalue weighted by molar-refractivity contribution is 0.416. The van der Waals surface area contributed by atoms with Gasteiger partial charge in [0.25, 0.3) is 0 Å². The fourth-order valence-corrected chi connectivity index (χ4v) is 1.30. The van der Waals surface area contributed by atoms with E-state index in [1.54, 1.807) is 11.6 Å². The van der Waals surface area contributed by atoms with Crippen LogP contribution in [0.2, 0.25) is 0 Å². The van der Waals surface area contributed by atoms with Crippen molar-refractivity contribution in [1.82, 2.24) is 14.6 Å².